The summed E-state index contributed by atoms with van der Waals surface area (Å²) in [6.07, 6.45) is 4.75. The Morgan fingerprint density at radius 1 is 0.667 bits per heavy atom. The SMILES string of the molecule is C[C](CCc1ccccc1)CCc1ccccc1. The smallest absolute Gasteiger partial charge is 0.0265 e. The van der Waals surface area contributed by atoms with Crippen LogP contribution in [0.2, 0.25) is 0 Å². The molecule has 0 heteroatoms. The summed E-state index contributed by atoms with van der Waals surface area (Å²) in [5.74, 6) is 1.60. The highest BCUT2D eigenvalue weighted by Crippen LogP contribution is 2.17. The van der Waals surface area contributed by atoms with E-state index in [-0.39, 0.29) is 0 Å². The standard InChI is InChI=1S/C18H21/c1-16(12-14-17-8-4-2-5-9-17)13-15-18-10-6-3-7-11-18/h2-11H,12-15H2,1H3. The Morgan fingerprint density at radius 3 is 1.44 bits per heavy atom. The maximum Gasteiger partial charge on any atom is -0.0265 e. The summed E-state index contributed by atoms with van der Waals surface area (Å²) in [4.78, 5) is 0. The van der Waals surface area contributed by atoms with Gasteiger partial charge >= 0.3 is 0 Å². The molecule has 0 heterocycles. The zero-order valence-corrected chi connectivity index (χ0v) is 11.1. The van der Waals surface area contributed by atoms with Crippen molar-refractivity contribution in [3.8, 4) is 0 Å². The van der Waals surface area contributed by atoms with Crippen molar-refractivity contribution in [2.45, 2.75) is 32.6 Å². The van der Waals surface area contributed by atoms with E-state index in [4.69, 9.17) is 0 Å². The molecule has 0 saturated heterocycles. The van der Waals surface area contributed by atoms with Gasteiger partial charge in [-0.15, -0.1) is 0 Å². The van der Waals surface area contributed by atoms with Gasteiger partial charge in [-0.2, -0.15) is 0 Å². The fourth-order valence-corrected chi connectivity index (χ4v) is 2.13. The minimum atomic E-state index is 1.17. The first-order chi connectivity index (χ1) is 8.84. The molecule has 2 rings (SSSR count). The van der Waals surface area contributed by atoms with Crippen molar-refractivity contribution in [1.82, 2.24) is 0 Å². The van der Waals surface area contributed by atoms with Crippen LogP contribution in [-0.2, 0) is 12.8 Å². The van der Waals surface area contributed by atoms with Gasteiger partial charge in [0, 0.05) is 0 Å². The van der Waals surface area contributed by atoms with Crippen LogP contribution in [0.3, 0.4) is 0 Å². The lowest BCUT2D eigenvalue weighted by molar-refractivity contribution is 0.723. The Morgan fingerprint density at radius 2 is 1.06 bits per heavy atom. The van der Waals surface area contributed by atoms with Crippen LogP contribution in [0.25, 0.3) is 0 Å². The van der Waals surface area contributed by atoms with E-state index in [1.807, 2.05) is 0 Å². The summed E-state index contributed by atoms with van der Waals surface area (Å²) in [6.45, 7) is 2.28. The molecule has 0 aliphatic heterocycles. The molecule has 0 aliphatic carbocycles. The van der Waals surface area contributed by atoms with Gasteiger partial charge in [0.2, 0.25) is 0 Å². The highest BCUT2D eigenvalue weighted by atomic mass is 14.1. The molecule has 0 saturated carbocycles. The van der Waals surface area contributed by atoms with Gasteiger partial charge in [0.1, 0.15) is 0 Å². The highest BCUT2D eigenvalue weighted by Gasteiger charge is 2.03. The number of rotatable bonds is 6. The summed E-state index contributed by atoms with van der Waals surface area (Å²) in [5.41, 5.74) is 2.88. The summed E-state index contributed by atoms with van der Waals surface area (Å²) in [5, 5.41) is 0. The monoisotopic (exact) mass is 237 g/mol. The van der Waals surface area contributed by atoms with Gasteiger partial charge in [0.05, 0.1) is 0 Å². The largest absolute Gasteiger partial charge is 0.0622 e. The molecule has 2 aromatic rings. The van der Waals surface area contributed by atoms with Crippen molar-refractivity contribution in [2.24, 2.45) is 0 Å². The van der Waals surface area contributed by atoms with Crippen LogP contribution in [0, 0.1) is 5.92 Å². The van der Waals surface area contributed by atoms with E-state index < -0.39 is 0 Å². The maximum absolute atomic E-state index is 2.28. The molecule has 2 aromatic carbocycles. The van der Waals surface area contributed by atoms with Crippen molar-refractivity contribution in [3.63, 3.8) is 0 Å². The van der Waals surface area contributed by atoms with Crippen LogP contribution in [-0.4, -0.2) is 0 Å². The van der Waals surface area contributed by atoms with Gasteiger partial charge in [-0.25, -0.2) is 0 Å². The zero-order chi connectivity index (χ0) is 12.6. The Balaban J connectivity index is 1.71. The number of hydrogen-bond donors (Lipinski definition) is 0. The van der Waals surface area contributed by atoms with Crippen molar-refractivity contribution in [2.75, 3.05) is 0 Å². The molecule has 0 nitrogen and oxygen atoms in total. The van der Waals surface area contributed by atoms with Crippen LogP contribution < -0.4 is 0 Å². The summed E-state index contributed by atoms with van der Waals surface area (Å²) < 4.78 is 0. The van der Waals surface area contributed by atoms with Crippen LogP contribution in [0.4, 0.5) is 0 Å². The fraction of sp³-hybridized carbons (Fsp3) is 0.278. The van der Waals surface area contributed by atoms with E-state index in [0.29, 0.717) is 0 Å². The van der Waals surface area contributed by atoms with Gasteiger partial charge in [-0.3, -0.25) is 0 Å². The molecule has 0 bridgehead atoms. The highest BCUT2D eigenvalue weighted by molar-refractivity contribution is 5.17. The average molecular weight is 237 g/mol. The number of hydrogen-bond acceptors (Lipinski definition) is 0. The summed E-state index contributed by atoms with van der Waals surface area (Å²) >= 11 is 0. The Hall–Kier alpha value is -1.56. The minimum absolute atomic E-state index is 1.17. The van der Waals surface area contributed by atoms with E-state index in [1.54, 1.807) is 5.92 Å². The predicted octanol–water partition coefficient (Wildman–Crippen LogP) is 4.85. The summed E-state index contributed by atoms with van der Waals surface area (Å²) in [6, 6.07) is 21.5. The quantitative estimate of drug-likeness (QED) is 0.674. The fourth-order valence-electron chi connectivity index (χ4n) is 2.13. The number of benzene rings is 2. The Labute approximate surface area is 111 Å². The number of aryl methyl sites for hydroxylation is 2. The lowest BCUT2D eigenvalue weighted by Crippen LogP contribution is -1.97. The third-order valence-electron chi connectivity index (χ3n) is 3.37. The van der Waals surface area contributed by atoms with Gasteiger partial charge in [-0.05, 0) is 42.7 Å². The van der Waals surface area contributed by atoms with Crippen LogP contribution in [0.15, 0.2) is 60.7 Å². The van der Waals surface area contributed by atoms with E-state index in [1.165, 1.54) is 36.8 Å². The van der Waals surface area contributed by atoms with Gasteiger partial charge in [-0.1, -0.05) is 67.6 Å². The molecule has 0 aliphatic rings. The van der Waals surface area contributed by atoms with Gasteiger partial charge in [0.15, 0.2) is 0 Å². The molecule has 18 heavy (non-hydrogen) atoms. The first kappa shape index (κ1) is 12.9. The first-order valence-electron chi connectivity index (χ1n) is 6.74. The molecular weight excluding hydrogens is 216 g/mol. The summed E-state index contributed by atoms with van der Waals surface area (Å²) in [7, 11) is 0. The zero-order valence-electron chi connectivity index (χ0n) is 11.1. The molecule has 0 N–H and O–H groups in total. The van der Waals surface area contributed by atoms with Crippen molar-refractivity contribution in [3.05, 3.63) is 77.7 Å². The third kappa shape index (κ3) is 4.37. The molecule has 0 fully saturated rings. The molecular formula is C18H21. The van der Waals surface area contributed by atoms with E-state index >= 15 is 0 Å². The van der Waals surface area contributed by atoms with Crippen molar-refractivity contribution in [1.29, 1.82) is 0 Å². The normalized spacial score (nSPS) is 10.8. The molecule has 0 amide bonds. The van der Waals surface area contributed by atoms with Gasteiger partial charge < -0.3 is 0 Å². The predicted molar refractivity (Wildman–Crippen MR) is 78.4 cm³/mol. The Bertz CT molecular complexity index is 387. The molecule has 0 atom stereocenters. The van der Waals surface area contributed by atoms with Crippen molar-refractivity contribution < 1.29 is 0 Å². The van der Waals surface area contributed by atoms with E-state index in [9.17, 15) is 0 Å². The molecule has 0 aromatic heterocycles. The Kier molecular flexibility index (Phi) is 5.01. The molecule has 93 valence electrons. The molecule has 0 spiro atoms. The maximum atomic E-state index is 2.28. The topological polar surface area (TPSA) is 0 Å². The second kappa shape index (κ2) is 7.00. The second-order valence-electron chi connectivity index (χ2n) is 4.93. The lowest BCUT2D eigenvalue weighted by Gasteiger charge is -2.10. The first-order valence-corrected chi connectivity index (χ1v) is 6.74. The average Bonchev–Trinajstić information content (AvgIpc) is 2.45. The minimum Gasteiger partial charge on any atom is -0.0622 e. The lowest BCUT2D eigenvalue weighted by atomic mass is 9.95. The van der Waals surface area contributed by atoms with E-state index in [2.05, 4.69) is 67.6 Å². The van der Waals surface area contributed by atoms with Gasteiger partial charge in [0.25, 0.3) is 0 Å². The van der Waals surface area contributed by atoms with Crippen LogP contribution >= 0.6 is 0 Å². The molecule has 0 unspecified atom stereocenters. The van der Waals surface area contributed by atoms with E-state index in [0.717, 1.165) is 0 Å². The molecule has 1 radical (unpaired) electrons. The van der Waals surface area contributed by atoms with Crippen molar-refractivity contribution >= 4 is 0 Å². The van der Waals surface area contributed by atoms with Crippen LogP contribution in [0.5, 0.6) is 0 Å². The van der Waals surface area contributed by atoms with Crippen LogP contribution in [0.1, 0.15) is 30.9 Å². The third-order valence-corrected chi connectivity index (χ3v) is 3.37. The second-order valence-corrected chi connectivity index (χ2v) is 4.93.